The van der Waals surface area contributed by atoms with E-state index < -0.39 is 6.04 Å². The number of hydrogen-bond donors (Lipinski definition) is 4. The summed E-state index contributed by atoms with van der Waals surface area (Å²) in [5, 5.41) is 11.2. The molecule has 0 aliphatic rings. The maximum Gasteiger partial charge on any atom is 0.323 e. The molecule has 7 nitrogen and oxygen atoms in total. The van der Waals surface area contributed by atoms with E-state index in [1.807, 2.05) is 50.2 Å². The summed E-state index contributed by atoms with van der Waals surface area (Å²) in [7, 11) is 0. The molecule has 1 atom stereocenters. The van der Waals surface area contributed by atoms with Crippen molar-refractivity contribution in [3.05, 3.63) is 90.5 Å². The van der Waals surface area contributed by atoms with Crippen LogP contribution in [0.4, 0.5) is 21.9 Å². The summed E-state index contributed by atoms with van der Waals surface area (Å²) in [5.74, 6) is -0.345. The average molecular weight is 445 g/mol. The summed E-state index contributed by atoms with van der Waals surface area (Å²) >= 11 is 0. The fraction of sp³-hybridized carbons (Fsp3) is 0.192. The van der Waals surface area contributed by atoms with Crippen molar-refractivity contribution in [1.82, 2.24) is 5.32 Å². The quantitative estimate of drug-likeness (QED) is 0.386. The molecule has 0 heterocycles. The minimum atomic E-state index is -0.813. The highest BCUT2D eigenvalue weighted by atomic mass is 16.2. The summed E-state index contributed by atoms with van der Waals surface area (Å²) in [6.45, 7) is 3.90. The molecule has 33 heavy (non-hydrogen) atoms. The van der Waals surface area contributed by atoms with Crippen molar-refractivity contribution >= 4 is 34.9 Å². The van der Waals surface area contributed by atoms with Gasteiger partial charge in [0.1, 0.15) is 6.04 Å². The van der Waals surface area contributed by atoms with Gasteiger partial charge in [-0.2, -0.15) is 0 Å². The molecule has 0 radical (unpaired) electrons. The molecule has 0 saturated heterocycles. The smallest absolute Gasteiger partial charge is 0.323 e. The van der Waals surface area contributed by atoms with Gasteiger partial charge in [0.25, 0.3) is 5.91 Å². The van der Waals surface area contributed by atoms with E-state index in [-0.39, 0.29) is 23.8 Å². The first kappa shape index (κ1) is 23.5. The summed E-state index contributed by atoms with van der Waals surface area (Å²) in [5.41, 5.74) is 2.51. The van der Waals surface area contributed by atoms with Gasteiger partial charge in [0.05, 0.1) is 0 Å². The lowest BCUT2D eigenvalue weighted by molar-refractivity contribution is -0.127. The largest absolute Gasteiger partial charge is 0.341 e. The Morgan fingerprint density at radius 3 is 1.70 bits per heavy atom. The van der Waals surface area contributed by atoms with Crippen molar-refractivity contribution < 1.29 is 14.4 Å². The number of urea groups is 1. The zero-order valence-corrected chi connectivity index (χ0v) is 18.7. The van der Waals surface area contributed by atoms with Crippen LogP contribution in [0.15, 0.2) is 84.9 Å². The highest BCUT2D eigenvalue weighted by Gasteiger charge is 2.23. The van der Waals surface area contributed by atoms with Crippen LogP contribution in [-0.4, -0.2) is 17.8 Å². The number of benzene rings is 3. The highest BCUT2D eigenvalue weighted by molar-refractivity contribution is 6.00. The van der Waals surface area contributed by atoms with Crippen LogP contribution in [0, 0.1) is 5.92 Å². The molecule has 0 saturated carbocycles. The van der Waals surface area contributed by atoms with E-state index in [2.05, 4.69) is 21.3 Å². The van der Waals surface area contributed by atoms with Crippen LogP contribution in [0.2, 0.25) is 0 Å². The first-order chi connectivity index (χ1) is 15.9. The molecule has 3 aromatic carbocycles. The summed E-state index contributed by atoms with van der Waals surface area (Å²) < 4.78 is 0. The van der Waals surface area contributed by atoms with Gasteiger partial charge in [0, 0.05) is 23.5 Å². The van der Waals surface area contributed by atoms with E-state index in [0.717, 1.165) is 0 Å². The second kappa shape index (κ2) is 11.5. The maximum absolute atomic E-state index is 13.0. The Kier molecular flexibility index (Phi) is 8.18. The van der Waals surface area contributed by atoms with Gasteiger partial charge in [-0.05, 0) is 47.9 Å². The van der Waals surface area contributed by atoms with Gasteiger partial charge in [0.2, 0.25) is 5.91 Å². The van der Waals surface area contributed by atoms with Crippen molar-refractivity contribution in [2.75, 3.05) is 16.0 Å². The Bertz CT molecular complexity index is 1070. The predicted molar refractivity (Wildman–Crippen MR) is 131 cm³/mol. The lowest BCUT2D eigenvalue weighted by Gasteiger charge is -2.19. The topological polar surface area (TPSA) is 99.3 Å². The molecule has 4 N–H and O–H groups in total. The van der Waals surface area contributed by atoms with E-state index >= 15 is 0 Å². The number of para-hydroxylation sites is 1. The van der Waals surface area contributed by atoms with Gasteiger partial charge in [0.15, 0.2) is 0 Å². The molecular weight excluding hydrogens is 416 g/mol. The molecule has 0 bridgehead atoms. The minimum Gasteiger partial charge on any atom is -0.341 e. The Morgan fingerprint density at radius 1 is 0.667 bits per heavy atom. The molecule has 0 aliphatic heterocycles. The van der Waals surface area contributed by atoms with Crippen LogP contribution in [0.25, 0.3) is 0 Å². The molecule has 0 fully saturated rings. The maximum atomic E-state index is 13.0. The number of amides is 4. The SMILES string of the molecule is CC(C)CC(=O)NC(C(=O)Nc1ccc(NC(=O)Nc2ccccc2)cc1)c1ccccc1. The van der Waals surface area contributed by atoms with Crippen LogP contribution in [0.3, 0.4) is 0 Å². The van der Waals surface area contributed by atoms with Gasteiger partial charge in [-0.15, -0.1) is 0 Å². The van der Waals surface area contributed by atoms with Crippen LogP contribution >= 0.6 is 0 Å². The van der Waals surface area contributed by atoms with E-state index in [1.165, 1.54) is 0 Å². The fourth-order valence-electron chi connectivity index (χ4n) is 3.20. The lowest BCUT2D eigenvalue weighted by Crippen LogP contribution is -2.37. The monoisotopic (exact) mass is 444 g/mol. The molecular formula is C26H28N4O3. The fourth-order valence-corrected chi connectivity index (χ4v) is 3.20. The van der Waals surface area contributed by atoms with E-state index in [9.17, 15) is 14.4 Å². The van der Waals surface area contributed by atoms with Gasteiger partial charge in [-0.3, -0.25) is 9.59 Å². The second-order valence-corrected chi connectivity index (χ2v) is 8.02. The molecule has 170 valence electrons. The van der Waals surface area contributed by atoms with Gasteiger partial charge in [-0.1, -0.05) is 62.4 Å². The third-order valence-corrected chi connectivity index (χ3v) is 4.74. The number of hydrogen-bond acceptors (Lipinski definition) is 3. The Morgan fingerprint density at radius 2 is 1.15 bits per heavy atom. The molecule has 4 amide bonds. The lowest BCUT2D eigenvalue weighted by atomic mass is 10.0. The molecule has 3 aromatic rings. The Labute approximate surface area is 193 Å². The molecule has 0 aliphatic carbocycles. The van der Waals surface area contributed by atoms with E-state index in [1.54, 1.807) is 48.5 Å². The average Bonchev–Trinajstić information content (AvgIpc) is 2.79. The second-order valence-electron chi connectivity index (χ2n) is 8.02. The zero-order chi connectivity index (χ0) is 23.6. The zero-order valence-electron chi connectivity index (χ0n) is 18.7. The predicted octanol–water partition coefficient (Wildman–Crippen LogP) is 5.17. The molecule has 0 spiro atoms. The third kappa shape index (κ3) is 7.50. The van der Waals surface area contributed by atoms with Crippen LogP contribution < -0.4 is 21.3 Å². The summed E-state index contributed by atoms with van der Waals surface area (Å²) in [6.07, 6.45) is 0.335. The number of anilines is 3. The first-order valence-corrected chi connectivity index (χ1v) is 10.8. The molecule has 1 unspecified atom stereocenters. The van der Waals surface area contributed by atoms with E-state index in [0.29, 0.717) is 29.0 Å². The first-order valence-electron chi connectivity index (χ1n) is 10.8. The summed E-state index contributed by atoms with van der Waals surface area (Å²) in [6, 6.07) is 23.8. The summed E-state index contributed by atoms with van der Waals surface area (Å²) in [4.78, 5) is 37.5. The van der Waals surface area contributed by atoms with Gasteiger partial charge in [-0.25, -0.2) is 4.79 Å². The third-order valence-electron chi connectivity index (χ3n) is 4.74. The molecule has 7 heteroatoms. The Hall–Kier alpha value is -4.13. The van der Waals surface area contributed by atoms with Crippen molar-refractivity contribution in [2.45, 2.75) is 26.3 Å². The standard InChI is InChI=1S/C26H28N4O3/c1-18(2)17-23(31)30-24(19-9-5-3-6-10-19)25(32)27-21-13-15-22(16-14-21)29-26(33)28-20-11-7-4-8-12-20/h3-16,18,24H,17H2,1-2H3,(H,27,32)(H,30,31)(H2,28,29,33). The van der Waals surface area contributed by atoms with Crippen molar-refractivity contribution in [3.63, 3.8) is 0 Å². The van der Waals surface area contributed by atoms with Crippen molar-refractivity contribution in [1.29, 1.82) is 0 Å². The number of nitrogens with one attached hydrogen (secondary N) is 4. The van der Waals surface area contributed by atoms with Crippen LogP contribution in [0.5, 0.6) is 0 Å². The number of carbonyl (C=O) groups is 3. The van der Waals surface area contributed by atoms with Crippen molar-refractivity contribution in [3.8, 4) is 0 Å². The highest BCUT2D eigenvalue weighted by Crippen LogP contribution is 2.19. The van der Waals surface area contributed by atoms with E-state index in [4.69, 9.17) is 0 Å². The normalized spacial score (nSPS) is 11.4. The number of rotatable bonds is 8. The van der Waals surface area contributed by atoms with Gasteiger partial charge < -0.3 is 21.3 Å². The van der Waals surface area contributed by atoms with Crippen molar-refractivity contribution in [2.24, 2.45) is 5.92 Å². The van der Waals surface area contributed by atoms with Gasteiger partial charge >= 0.3 is 6.03 Å². The molecule has 0 aromatic heterocycles. The number of carbonyl (C=O) groups excluding carboxylic acids is 3. The van der Waals surface area contributed by atoms with Crippen LogP contribution in [-0.2, 0) is 9.59 Å². The Balaban J connectivity index is 1.63. The minimum absolute atomic E-state index is 0.182. The molecule has 3 rings (SSSR count). The van der Waals surface area contributed by atoms with Crippen LogP contribution in [0.1, 0.15) is 31.9 Å².